The van der Waals surface area contributed by atoms with E-state index in [9.17, 15) is 4.79 Å². The third-order valence-electron chi connectivity index (χ3n) is 2.85. The molecular weight excluding hydrogens is 202 g/mol. The molecule has 0 bridgehead atoms. The largest absolute Gasteiger partial charge is 0.355 e. The Morgan fingerprint density at radius 3 is 2.94 bits per heavy atom. The molecule has 16 heavy (non-hydrogen) atoms. The second kappa shape index (κ2) is 4.96. The summed E-state index contributed by atoms with van der Waals surface area (Å²) >= 11 is 0. The van der Waals surface area contributed by atoms with E-state index < -0.39 is 0 Å². The van der Waals surface area contributed by atoms with Crippen LogP contribution in [0.1, 0.15) is 38.2 Å². The Morgan fingerprint density at radius 2 is 2.12 bits per heavy atom. The van der Waals surface area contributed by atoms with E-state index in [-0.39, 0.29) is 5.56 Å². The summed E-state index contributed by atoms with van der Waals surface area (Å²) < 4.78 is 0. The van der Waals surface area contributed by atoms with Crippen LogP contribution < -0.4 is 5.56 Å². The highest BCUT2D eigenvalue weighted by Gasteiger charge is 2.06. The first-order chi connectivity index (χ1) is 7.83. The van der Waals surface area contributed by atoms with Gasteiger partial charge in [0.15, 0.2) is 0 Å². The van der Waals surface area contributed by atoms with Gasteiger partial charge in [-0.1, -0.05) is 26.2 Å². The number of rotatable bonds is 5. The van der Waals surface area contributed by atoms with Crippen molar-refractivity contribution in [3.63, 3.8) is 0 Å². The van der Waals surface area contributed by atoms with Gasteiger partial charge in [-0.25, -0.2) is 4.98 Å². The van der Waals surface area contributed by atoms with Gasteiger partial charge in [0.05, 0.1) is 11.8 Å². The molecule has 4 heteroatoms. The molecule has 2 heterocycles. The lowest BCUT2D eigenvalue weighted by Gasteiger charge is -1.98. The lowest BCUT2D eigenvalue weighted by molar-refractivity contribution is 0.668. The number of aromatic nitrogens is 3. The van der Waals surface area contributed by atoms with Crippen LogP contribution >= 0.6 is 0 Å². The Bertz CT molecular complexity index is 512. The zero-order chi connectivity index (χ0) is 11.4. The molecule has 86 valence electrons. The number of H-pyrrole nitrogens is 2. The molecular formula is C12H17N3O. The zero-order valence-electron chi connectivity index (χ0n) is 9.55. The van der Waals surface area contributed by atoms with Crippen LogP contribution in [0.4, 0.5) is 0 Å². The van der Waals surface area contributed by atoms with Crippen LogP contribution in [0.25, 0.3) is 11.0 Å². The lowest BCUT2D eigenvalue weighted by atomic mass is 10.1. The number of unbranched alkanes of at least 4 members (excludes halogenated alkanes) is 3. The molecule has 0 fully saturated rings. The quantitative estimate of drug-likeness (QED) is 0.758. The van der Waals surface area contributed by atoms with Crippen LogP contribution in [0.3, 0.4) is 0 Å². The Kier molecular flexibility index (Phi) is 3.39. The maximum atomic E-state index is 11.4. The highest BCUT2D eigenvalue weighted by atomic mass is 16.1. The van der Waals surface area contributed by atoms with E-state index in [2.05, 4.69) is 21.9 Å². The number of nitrogens with one attached hydrogen (secondary N) is 2. The van der Waals surface area contributed by atoms with Crippen molar-refractivity contribution in [1.82, 2.24) is 15.0 Å². The predicted molar refractivity (Wildman–Crippen MR) is 64.6 cm³/mol. The monoisotopic (exact) mass is 219 g/mol. The molecule has 0 atom stereocenters. The molecule has 2 rings (SSSR count). The summed E-state index contributed by atoms with van der Waals surface area (Å²) in [5.41, 5.74) is 2.47. The van der Waals surface area contributed by atoms with Gasteiger partial charge in [0.2, 0.25) is 0 Å². The molecule has 0 spiro atoms. The van der Waals surface area contributed by atoms with E-state index in [4.69, 9.17) is 0 Å². The van der Waals surface area contributed by atoms with Gasteiger partial charge in [-0.3, -0.25) is 4.79 Å². The molecule has 0 radical (unpaired) electrons. The molecule has 2 N–H and O–H groups in total. The fraction of sp³-hybridized carbons (Fsp3) is 0.500. The fourth-order valence-corrected chi connectivity index (χ4v) is 1.94. The van der Waals surface area contributed by atoms with Crippen molar-refractivity contribution in [2.45, 2.75) is 39.0 Å². The Morgan fingerprint density at radius 1 is 1.25 bits per heavy atom. The highest BCUT2D eigenvalue weighted by molar-refractivity contribution is 5.77. The second-order valence-electron chi connectivity index (χ2n) is 4.08. The van der Waals surface area contributed by atoms with Crippen molar-refractivity contribution < 1.29 is 0 Å². The average molecular weight is 219 g/mol. The molecule has 2 aromatic heterocycles. The molecule has 0 aromatic carbocycles. The Hall–Kier alpha value is -1.58. The van der Waals surface area contributed by atoms with Gasteiger partial charge < -0.3 is 9.97 Å². The fourth-order valence-electron chi connectivity index (χ4n) is 1.94. The van der Waals surface area contributed by atoms with E-state index in [1.54, 1.807) is 0 Å². The maximum absolute atomic E-state index is 11.4. The third-order valence-corrected chi connectivity index (χ3v) is 2.85. The van der Waals surface area contributed by atoms with Crippen LogP contribution in [-0.2, 0) is 6.42 Å². The zero-order valence-corrected chi connectivity index (χ0v) is 9.55. The van der Waals surface area contributed by atoms with Gasteiger partial charge in [-0.15, -0.1) is 0 Å². The average Bonchev–Trinajstić information content (AvgIpc) is 2.70. The maximum Gasteiger partial charge on any atom is 0.275 e. The molecule has 0 saturated carbocycles. The minimum Gasteiger partial charge on any atom is -0.355 e. The standard InChI is InChI=1S/C12H17N3O/c1-2-3-4-5-6-9-7-13-11-10(9)14-8-15-12(11)16/h7-8,13H,2-6H2,1H3,(H,14,15,16). The number of nitrogens with zero attached hydrogens (tertiary/aromatic N) is 1. The lowest BCUT2D eigenvalue weighted by Crippen LogP contribution is -2.05. The minimum atomic E-state index is -0.0928. The molecule has 0 unspecified atom stereocenters. The van der Waals surface area contributed by atoms with Gasteiger partial charge >= 0.3 is 0 Å². The summed E-state index contributed by atoms with van der Waals surface area (Å²) in [7, 11) is 0. The normalized spacial score (nSPS) is 11.1. The smallest absolute Gasteiger partial charge is 0.275 e. The van der Waals surface area contributed by atoms with E-state index in [1.165, 1.54) is 25.6 Å². The highest BCUT2D eigenvalue weighted by Crippen LogP contribution is 2.14. The Balaban J connectivity index is 2.13. The van der Waals surface area contributed by atoms with Crippen LogP contribution in [0.2, 0.25) is 0 Å². The number of hydrogen-bond donors (Lipinski definition) is 2. The van der Waals surface area contributed by atoms with Crippen LogP contribution in [0.5, 0.6) is 0 Å². The van der Waals surface area contributed by atoms with E-state index in [1.807, 2.05) is 6.20 Å². The summed E-state index contributed by atoms with van der Waals surface area (Å²) in [6, 6.07) is 0. The topological polar surface area (TPSA) is 61.5 Å². The summed E-state index contributed by atoms with van der Waals surface area (Å²) in [6.45, 7) is 2.20. The van der Waals surface area contributed by atoms with E-state index in [0.29, 0.717) is 5.52 Å². The predicted octanol–water partition coefficient (Wildman–Crippen LogP) is 2.37. The molecule has 4 nitrogen and oxygen atoms in total. The molecule has 0 aliphatic rings. The van der Waals surface area contributed by atoms with Crippen LogP contribution in [0.15, 0.2) is 17.3 Å². The van der Waals surface area contributed by atoms with Crippen molar-refractivity contribution in [2.75, 3.05) is 0 Å². The van der Waals surface area contributed by atoms with Crippen LogP contribution in [-0.4, -0.2) is 15.0 Å². The van der Waals surface area contributed by atoms with Gasteiger partial charge in [-0.05, 0) is 18.4 Å². The first-order valence-electron chi connectivity index (χ1n) is 5.86. The van der Waals surface area contributed by atoms with Gasteiger partial charge in [-0.2, -0.15) is 0 Å². The molecule has 0 aliphatic carbocycles. The number of aryl methyl sites for hydroxylation is 1. The van der Waals surface area contributed by atoms with Crippen molar-refractivity contribution in [1.29, 1.82) is 0 Å². The third kappa shape index (κ3) is 2.15. The molecule has 0 amide bonds. The van der Waals surface area contributed by atoms with Crippen molar-refractivity contribution in [3.05, 3.63) is 28.4 Å². The summed E-state index contributed by atoms with van der Waals surface area (Å²) in [4.78, 5) is 21.2. The van der Waals surface area contributed by atoms with Crippen LogP contribution in [0, 0.1) is 0 Å². The van der Waals surface area contributed by atoms with Crippen molar-refractivity contribution in [2.24, 2.45) is 0 Å². The summed E-state index contributed by atoms with van der Waals surface area (Å²) in [6.07, 6.45) is 9.28. The number of aromatic amines is 2. The summed E-state index contributed by atoms with van der Waals surface area (Å²) in [5, 5.41) is 0. The van der Waals surface area contributed by atoms with Gasteiger partial charge in [0.1, 0.15) is 5.52 Å². The number of fused-ring (bicyclic) bond motifs is 1. The van der Waals surface area contributed by atoms with Gasteiger partial charge in [0.25, 0.3) is 5.56 Å². The Labute approximate surface area is 94.1 Å². The second-order valence-corrected chi connectivity index (χ2v) is 4.08. The number of hydrogen-bond acceptors (Lipinski definition) is 2. The minimum absolute atomic E-state index is 0.0928. The van der Waals surface area contributed by atoms with Crippen molar-refractivity contribution in [3.8, 4) is 0 Å². The SMILES string of the molecule is CCCCCCc1c[nH]c2c(=O)[nH]cnc12. The molecule has 2 aromatic rings. The van der Waals surface area contributed by atoms with Gasteiger partial charge in [0, 0.05) is 6.20 Å². The molecule has 0 saturated heterocycles. The van der Waals surface area contributed by atoms with Crippen molar-refractivity contribution >= 4 is 11.0 Å². The summed E-state index contributed by atoms with van der Waals surface area (Å²) in [5.74, 6) is 0. The first-order valence-corrected chi connectivity index (χ1v) is 5.86. The van der Waals surface area contributed by atoms with E-state index in [0.717, 1.165) is 23.9 Å². The molecule has 0 aliphatic heterocycles. The van der Waals surface area contributed by atoms with E-state index >= 15 is 0 Å². The first kappa shape index (κ1) is 10.9.